The molecule has 0 aliphatic heterocycles. The zero-order valence-corrected chi connectivity index (χ0v) is 14.8. The summed E-state index contributed by atoms with van der Waals surface area (Å²) in [6.45, 7) is 5.48. The zero-order chi connectivity index (χ0) is 18.8. The number of carbonyl (C=O) groups is 2. The van der Waals surface area contributed by atoms with Crippen molar-refractivity contribution < 1.29 is 23.5 Å². The van der Waals surface area contributed by atoms with Gasteiger partial charge in [-0.3, -0.25) is 9.59 Å². The summed E-state index contributed by atoms with van der Waals surface area (Å²) in [5.41, 5.74) is -1.68. The molecule has 0 heterocycles. The highest BCUT2D eigenvalue weighted by atomic mass is 19.1. The molecule has 4 nitrogen and oxygen atoms in total. The third-order valence-electron chi connectivity index (χ3n) is 5.04. The molecule has 2 rings (SSSR count). The summed E-state index contributed by atoms with van der Waals surface area (Å²) in [6, 6.07) is 2.52. The topological polar surface area (TPSA) is 66.4 Å². The quantitative estimate of drug-likeness (QED) is 0.800. The minimum absolute atomic E-state index is 0.122. The number of carbonyl (C=O) groups excluding carboxylic acids is 2. The van der Waals surface area contributed by atoms with Gasteiger partial charge in [0.1, 0.15) is 17.2 Å². The van der Waals surface area contributed by atoms with Crippen LogP contribution in [0.25, 0.3) is 0 Å². The normalized spacial score (nSPS) is 26.5. The minimum Gasteiger partial charge on any atom is -0.380 e. The van der Waals surface area contributed by atoms with E-state index in [9.17, 15) is 23.5 Å². The third kappa shape index (κ3) is 4.42. The third-order valence-corrected chi connectivity index (χ3v) is 5.04. The van der Waals surface area contributed by atoms with Crippen LogP contribution in [-0.4, -0.2) is 28.9 Å². The molecule has 1 aromatic rings. The van der Waals surface area contributed by atoms with Crippen molar-refractivity contribution in [3.05, 3.63) is 35.4 Å². The number of amides is 1. The van der Waals surface area contributed by atoms with Gasteiger partial charge in [0.25, 0.3) is 5.91 Å². The summed E-state index contributed by atoms with van der Waals surface area (Å²) >= 11 is 0. The van der Waals surface area contributed by atoms with E-state index < -0.39 is 35.5 Å². The molecule has 0 saturated heterocycles. The summed E-state index contributed by atoms with van der Waals surface area (Å²) in [5.74, 6) is -2.77. The fraction of sp³-hybridized carbons (Fsp3) is 0.579. The van der Waals surface area contributed by atoms with Gasteiger partial charge in [0.05, 0.1) is 6.54 Å². The van der Waals surface area contributed by atoms with Crippen molar-refractivity contribution in [3.8, 4) is 0 Å². The van der Waals surface area contributed by atoms with Crippen LogP contribution < -0.4 is 5.32 Å². The molecule has 0 bridgehead atoms. The van der Waals surface area contributed by atoms with Gasteiger partial charge < -0.3 is 10.4 Å². The van der Waals surface area contributed by atoms with Crippen LogP contribution in [0, 0.1) is 29.4 Å². The van der Waals surface area contributed by atoms with Crippen LogP contribution in [0.2, 0.25) is 0 Å². The molecule has 138 valence electrons. The van der Waals surface area contributed by atoms with Crippen molar-refractivity contribution in [3.63, 3.8) is 0 Å². The highest BCUT2D eigenvalue weighted by Crippen LogP contribution is 2.41. The average molecular weight is 353 g/mol. The molecule has 1 amide bonds. The second-order valence-electron chi connectivity index (χ2n) is 7.43. The first-order chi connectivity index (χ1) is 11.6. The van der Waals surface area contributed by atoms with Gasteiger partial charge in [0.15, 0.2) is 5.78 Å². The smallest absolute Gasteiger partial charge is 0.252 e. The first-order valence-electron chi connectivity index (χ1n) is 8.63. The number of nitrogens with one attached hydrogen (secondary N) is 1. The maximum atomic E-state index is 13.2. The van der Waals surface area contributed by atoms with Gasteiger partial charge in [-0.05, 0) is 42.7 Å². The van der Waals surface area contributed by atoms with Crippen molar-refractivity contribution in [2.45, 2.75) is 45.6 Å². The van der Waals surface area contributed by atoms with E-state index in [1.807, 2.05) is 20.8 Å². The van der Waals surface area contributed by atoms with Gasteiger partial charge in [-0.2, -0.15) is 0 Å². The maximum absolute atomic E-state index is 13.2. The molecule has 1 fully saturated rings. The first kappa shape index (κ1) is 19.5. The van der Waals surface area contributed by atoms with Crippen molar-refractivity contribution in [2.24, 2.45) is 17.8 Å². The number of ketones is 1. The maximum Gasteiger partial charge on any atom is 0.252 e. The molecule has 0 spiro atoms. The number of halogens is 2. The lowest BCUT2D eigenvalue weighted by molar-refractivity contribution is -0.155. The summed E-state index contributed by atoms with van der Waals surface area (Å²) in [6.07, 6.45) is 2.02. The summed E-state index contributed by atoms with van der Waals surface area (Å²) < 4.78 is 26.4. The second-order valence-corrected chi connectivity index (χ2v) is 7.43. The van der Waals surface area contributed by atoms with E-state index in [-0.39, 0.29) is 23.3 Å². The Morgan fingerprint density at radius 3 is 2.40 bits per heavy atom. The predicted molar refractivity (Wildman–Crippen MR) is 90.0 cm³/mol. The van der Waals surface area contributed by atoms with Gasteiger partial charge in [-0.15, -0.1) is 0 Å². The second kappa shape index (κ2) is 7.60. The van der Waals surface area contributed by atoms with E-state index in [0.29, 0.717) is 12.5 Å². The molecule has 1 aromatic carbocycles. The largest absolute Gasteiger partial charge is 0.380 e. The molecule has 2 N–H and O–H groups in total. The molecule has 0 aromatic heterocycles. The Labute approximate surface area is 146 Å². The molecule has 6 heteroatoms. The van der Waals surface area contributed by atoms with Gasteiger partial charge in [0.2, 0.25) is 0 Å². The van der Waals surface area contributed by atoms with Crippen LogP contribution in [0.5, 0.6) is 0 Å². The molecular formula is C19H25F2NO3. The van der Waals surface area contributed by atoms with E-state index >= 15 is 0 Å². The Bertz CT molecular complexity index is 642. The van der Waals surface area contributed by atoms with Crippen LogP contribution in [0.1, 0.15) is 50.4 Å². The highest BCUT2D eigenvalue weighted by Gasteiger charge is 2.48. The van der Waals surface area contributed by atoms with Crippen molar-refractivity contribution in [1.29, 1.82) is 0 Å². The summed E-state index contributed by atoms with van der Waals surface area (Å²) in [5, 5.41) is 13.4. The van der Waals surface area contributed by atoms with Crippen LogP contribution in [0.3, 0.4) is 0 Å². The predicted octanol–water partition coefficient (Wildman–Crippen LogP) is 3.09. The lowest BCUT2D eigenvalue weighted by Gasteiger charge is -2.43. The minimum atomic E-state index is -1.53. The van der Waals surface area contributed by atoms with Gasteiger partial charge in [-0.25, -0.2) is 8.78 Å². The van der Waals surface area contributed by atoms with Gasteiger partial charge in [0, 0.05) is 11.6 Å². The SMILES string of the molecule is CC1CCC(C(C)C)[C@@](O)(C(=O)NCC(=O)c2cc(F)cc(F)c2)C1. The van der Waals surface area contributed by atoms with Crippen molar-refractivity contribution in [2.75, 3.05) is 6.54 Å². The Hall–Kier alpha value is -1.82. The number of hydrogen-bond donors (Lipinski definition) is 2. The monoisotopic (exact) mass is 353 g/mol. The molecule has 0 radical (unpaired) electrons. The fourth-order valence-corrected chi connectivity index (χ4v) is 3.76. The van der Waals surface area contributed by atoms with E-state index in [1.165, 1.54) is 0 Å². The molecule has 3 atom stereocenters. The van der Waals surface area contributed by atoms with E-state index in [2.05, 4.69) is 5.32 Å². The van der Waals surface area contributed by atoms with E-state index in [0.717, 1.165) is 25.0 Å². The number of aliphatic hydroxyl groups is 1. The van der Waals surface area contributed by atoms with Crippen molar-refractivity contribution in [1.82, 2.24) is 5.32 Å². The van der Waals surface area contributed by atoms with Crippen LogP contribution >= 0.6 is 0 Å². The number of Topliss-reactive ketones (excluding diaryl/α,β-unsaturated/α-hetero) is 1. The van der Waals surface area contributed by atoms with E-state index in [4.69, 9.17) is 0 Å². The first-order valence-corrected chi connectivity index (χ1v) is 8.63. The van der Waals surface area contributed by atoms with Crippen LogP contribution in [0.15, 0.2) is 18.2 Å². The zero-order valence-electron chi connectivity index (χ0n) is 14.8. The fourth-order valence-electron chi connectivity index (χ4n) is 3.76. The molecule has 1 aliphatic carbocycles. The number of rotatable bonds is 5. The van der Waals surface area contributed by atoms with E-state index in [1.54, 1.807) is 0 Å². The van der Waals surface area contributed by atoms with Gasteiger partial charge >= 0.3 is 0 Å². The molecule has 1 saturated carbocycles. The molecule has 25 heavy (non-hydrogen) atoms. The Morgan fingerprint density at radius 2 is 1.84 bits per heavy atom. The van der Waals surface area contributed by atoms with Crippen LogP contribution in [-0.2, 0) is 4.79 Å². The lowest BCUT2D eigenvalue weighted by atomic mass is 9.66. The number of hydrogen-bond acceptors (Lipinski definition) is 3. The molecule has 2 unspecified atom stereocenters. The average Bonchev–Trinajstić information content (AvgIpc) is 2.50. The number of benzene rings is 1. The Kier molecular flexibility index (Phi) is 5.93. The molecule has 1 aliphatic rings. The summed E-state index contributed by atoms with van der Waals surface area (Å²) in [7, 11) is 0. The summed E-state index contributed by atoms with van der Waals surface area (Å²) in [4.78, 5) is 24.7. The Morgan fingerprint density at radius 1 is 1.24 bits per heavy atom. The lowest BCUT2D eigenvalue weighted by Crippen LogP contribution is -2.56. The molecular weight excluding hydrogens is 328 g/mol. The van der Waals surface area contributed by atoms with Crippen molar-refractivity contribution >= 4 is 11.7 Å². The van der Waals surface area contributed by atoms with Gasteiger partial charge in [-0.1, -0.05) is 27.2 Å². The van der Waals surface area contributed by atoms with Crippen LogP contribution in [0.4, 0.5) is 8.78 Å². The highest BCUT2D eigenvalue weighted by molar-refractivity contribution is 6.00. The standard InChI is InChI=1S/C19H25F2NO3/c1-11(2)16-5-4-12(3)9-19(16,25)18(24)22-10-17(23)13-6-14(20)8-15(21)7-13/h6-8,11-12,16,25H,4-5,9-10H2,1-3H3,(H,22,24)/t12?,16?,19-/m1/s1. The Balaban J connectivity index is 2.08.